The van der Waals surface area contributed by atoms with Crippen LogP contribution in [0.15, 0.2) is 41.5 Å². The molecule has 21 heavy (non-hydrogen) atoms. The number of amides is 1. The second kappa shape index (κ2) is 4.82. The molecule has 2 heterocycles. The summed E-state index contributed by atoms with van der Waals surface area (Å²) in [6.07, 6.45) is 1.22. The molecule has 8 nitrogen and oxygen atoms in total. The van der Waals surface area contributed by atoms with Crippen LogP contribution < -0.4 is 11.4 Å². The Hall–Kier alpha value is -3.03. The summed E-state index contributed by atoms with van der Waals surface area (Å²) in [4.78, 5) is 27.4. The maximum atomic E-state index is 12.4. The zero-order valence-corrected chi connectivity index (χ0v) is 11.2. The van der Waals surface area contributed by atoms with Crippen molar-refractivity contribution in [1.82, 2.24) is 24.4 Å². The minimum absolute atomic E-state index is 0.0593. The van der Waals surface area contributed by atoms with Gasteiger partial charge in [-0.2, -0.15) is 4.68 Å². The third kappa shape index (κ3) is 2.06. The fourth-order valence-corrected chi connectivity index (χ4v) is 2.11. The van der Waals surface area contributed by atoms with Crippen molar-refractivity contribution in [3.63, 3.8) is 0 Å². The van der Waals surface area contributed by atoms with E-state index in [4.69, 9.17) is 5.73 Å². The molecular formula is C13H12N6O2. The molecule has 0 aliphatic rings. The second-order valence-electron chi connectivity index (χ2n) is 4.55. The fraction of sp³-hybridized carbons (Fsp3) is 0.154. The third-order valence-corrected chi connectivity index (χ3v) is 3.26. The molecule has 3 rings (SSSR count). The van der Waals surface area contributed by atoms with E-state index in [0.29, 0.717) is 0 Å². The van der Waals surface area contributed by atoms with Gasteiger partial charge in [0.1, 0.15) is 6.33 Å². The van der Waals surface area contributed by atoms with E-state index < -0.39 is 11.6 Å². The highest BCUT2D eigenvalue weighted by atomic mass is 16.2. The predicted molar refractivity (Wildman–Crippen MR) is 73.8 cm³/mol. The number of imidazole rings is 1. The molecule has 0 saturated heterocycles. The van der Waals surface area contributed by atoms with Gasteiger partial charge in [-0.05, 0) is 12.5 Å². The van der Waals surface area contributed by atoms with Gasteiger partial charge in [-0.3, -0.25) is 4.79 Å². The first-order chi connectivity index (χ1) is 10.1. The lowest BCUT2D eigenvalue weighted by Crippen LogP contribution is -2.32. The van der Waals surface area contributed by atoms with E-state index in [-0.39, 0.29) is 17.4 Å². The van der Waals surface area contributed by atoms with E-state index in [9.17, 15) is 9.59 Å². The molecule has 106 valence electrons. The van der Waals surface area contributed by atoms with E-state index in [1.807, 2.05) is 37.3 Å². The van der Waals surface area contributed by atoms with Crippen LogP contribution in [-0.4, -0.2) is 30.3 Å². The first-order valence-electron chi connectivity index (χ1n) is 6.27. The normalized spacial score (nSPS) is 12.4. The highest BCUT2D eigenvalue weighted by Gasteiger charge is 2.18. The van der Waals surface area contributed by atoms with Crippen LogP contribution in [-0.2, 0) is 0 Å². The summed E-state index contributed by atoms with van der Waals surface area (Å²) in [5.41, 5.74) is 5.65. The van der Waals surface area contributed by atoms with Crippen molar-refractivity contribution in [3.05, 3.63) is 58.4 Å². The lowest BCUT2D eigenvalue weighted by molar-refractivity contribution is 0.0997. The van der Waals surface area contributed by atoms with Gasteiger partial charge in [-0.25, -0.2) is 14.2 Å². The van der Waals surface area contributed by atoms with Gasteiger partial charge >= 0.3 is 5.69 Å². The summed E-state index contributed by atoms with van der Waals surface area (Å²) in [5.74, 6) is -0.750. The molecule has 0 bridgehead atoms. The van der Waals surface area contributed by atoms with Gasteiger partial charge in [0.15, 0.2) is 11.3 Å². The van der Waals surface area contributed by atoms with Crippen molar-refractivity contribution in [2.75, 3.05) is 0 Å². The number of primary amides is 1. The second-order valence-corrected chi connectivity index (χ2v) is 4.55. The lowest BCUT2D eigenvalue weighted by Gasteiger charge is -2.12. The van der Waals surface area contributed by atoms with Gasteiger partial charge in [0.05, 0.1) is 6.04 Å². The molecule has 3 aromatic rings. The Morgan fingerprint density at radius 2 is 2.00 bits per heavy atom. The molecule has 1 atom stereocenters. The van der Waals surface area contributed by atoms with Crippen molar-refractivity contribution in [2.45, 2.75) is 13.0 Å². The Kier molecular flexibility index (Phi) is 2.98. The molecule has 0 unspecified atom stereocenters. The van der Waals surface area contributed by atoms with Crippen LogP contribution in [0, 0.1) is 0 Å². The van der Waals surface area contributed by atoms with Crippen LogP contribution in [0.4, 0.5) is 0 Å². The largest absolute Gasteiger partial charge is 0.364 e. The number of nitrogens with two attached hydrogens (primary N) is 1. The van der Waals surface area contributed by atoms with Crippen molar-refractivity contribution in [3.8, 4) is 0 Å². The van der Waals surface area contributed by atoms with E-state index in [1.54, 1.807) is 0 Å². The van der Waals surface area contributed by atoms with Crippen molar-refractivity contribution in [2.24, 2.45) is 5.73 Å². The molecule has 0 saturated carbocycles. The topological polar surface area (TPSA) is 108 Å². The number of nitrogens with zero attached hydrogens (tertiary/aromatic N) is 5. The summed E-state index contributed by atoms with van der Waals surface area (Å²) < 4.78 is 2.39. The highest BCUT2D eigenvalue weighted by Crippen LogP contribution is 2.14. The molecule has 1 aromatic carbocycles. The minimum atomic E-state index is -0.750. The first-order valence-corrected chi connectivity index (χ1v) is 6.27. The summed E-state index contributed by atoms with van der Waals surface area (Å²) in [6, 6.07) is 9.15. The number of aromatic nitrogens is 5. The Morgan fingerprint density at radius 1 is 1.29 bits per heavy atom. The molecule has 0 aliphatic heterocycles. The van der Waals surface area contributed by atoms with Gasteiger partial charge in [-0.1, -0.05) is 35.5 Å². The van der Waals surface area contributed by atoms with Crippen LogP contribution in [0.5, 0.6) is 0 Å². The zero-order valence-electron chi connectivity index (χ0n) is 11.2. The van der Waals surface area contributed by atoms with Gasteiger partial charge in [-0.15, -0.1) is 5.10 Å². The molecule has 0 radical (unpaired) electrons. The molecular weight excluding hydrogens is 272 g/mol. The van der Waals surface area contributed by atoms with Crippen molar-refractivity contribution in [1.29, 1.82) is 0 Å². The van der Waals surface area contributed by atoms with Crippen LogP contribution >= 0.6 is 0 Å². The quantitative estimate of drug-likeness (QED) is 0.728. The Morgan fingerprint density at radius 3 is 2.67 bits per heavy atom. The first kappa shape index (κ1) is 13.0. The van der Waals surface area contributed by atoms with Gasteiger partial charge in [0, 0.05) is 0 Å². The molecule has 8 heteroatoms. The van der Waals surface area contributed by atoms with Gasteiger partial charge in [0.25, 0.3) is 5.91 Å². The van der Waals surface area contributed by atoms with E-state index in [0.717, 1.165) is 9.96 Å². The number of benzene rings is 1. The zero-order chi connectivity index (χ0) is 15.0. The highest BCUT2D eigenvalue weighted by molar-refractivity contribution is 5.96. The average molecular weight is 284 g/mol. The summed E-state index contributed by atoms with van der Waals surface area (Å²) in [7, 11) is 0. The van der Waals surface area contributed by atoms with E-state index in [2.05, 4.69) is 15.3 Å². The number of hydrogen-bond acceptors (Lipinski definition) is 5. The van der Waals surface area contributed by atoms with Crippen molar-refractivity contribution >= 4 is 11.6 Å². The molecule has 0 fully saturated rings. The number of carbonyl (C=O) groups is 1. The van der Waals surface area contributed by atoms with Crippen LogP contribution in [0.2, 0.25) is 0 Å². The molecule has 2 N–H and O–H groups in total. The number of rotatable bonds is 3. The van der Waals surface area contributed by atoms with E-state index >= 15 is 0 Å². The van der Waals surface area contributed by atoms with Gasteiger partial charge in [0.2, 0.25) is 0 Å². The fourth-order valence-electron chi connectivity index (χ4n) is 2.11. The third-order valence-electron chi connectivity index (χ3n) is 3.26. The standard InChI is InChI=1S/C13H12N6O2/c1-8(9-5-3-2-4-6-9)19-13(21)18-7-15-10(11(14)20)12(18)16-17-19/h2-8H,1H3,(H2,14,20)/t8-/m0/s1. The number of fused-ring (bicyclic) bond motifs is 1. The average Bonchev–Trinajstić information content (AvgIpc) is 2.93. The molecule has 0 spiro atoms. The minimum Gasteiger partial charge on any atom is -0.364 e. The Bertz CT molecular complexity index is 867. The van der Waals surface area contributed by atoms with E-state index in [1.165, 1.54) is 11.0 Å². The smallest absolute Gasteiger partial charge is 0.353 e. The van der Waals surface area contributed by atoms with Gasteiger partial charge < -0.3 is 5.73 Å². The van der Waals surface area contributed by atoms with Crippen LogP contribution in [0.25, 0.3) is 5.65 Å². The van der Waals surface area contributed by atoms with Crippen molar-refractivity contribution < 1.29 is 4.79 Å². The predicted octanol–water partition coefficient (Wildman–Crippen LogP) is -0.00580. The summed E-state index contributed by atoms with van der Waals surface area (Å²) in [6.45, 7) is 1.84. The summed E-state index contributed by atoms with van der Waals surface area (Å²) >= 11 is 0. The number of hydrogen-bond donors (Lipinski definition) is 1. The maximum absolute atomic E-state index is 12.4. The Balaban J connectivity index is 2.15. The maximum Gasteiger partial charge on any atom is 0.353 e. The van der Waals surface area contributed by atoms with Crippen LogP contribution in [0.1, 0.15) is 29.0 Å². The SMILES string of the molecule is C[C@@H](c1ccccc1)n1nnc2c(C(N)=O)ncn2c1=O. The molecule has 1 amide bonds. The molecule has 0 aliphatic carbocycles. The lowest BCUT2D eigenvalue weighted by atomic mass is 10.1. The Labute approximate surface area is 118 Å². The molecule has 2 aromatic heterocycles. The monoisotopic (exact) mass is 284 g/mol. The number of carbonyl (C=O) groups excluding carboxylic acids is 1. The van der Waals surface area contributed by atoms with Crippen LogP contribution in [0.3, 0.4) is 0 Å². The summed E-state index contributed by atoms with van der Waals surface area (Å²) in [5, 5.41) is 7.77.